The standard InChI is InChI=1S/C8H8F2INO/c1-4-6(13-2)3-5(7(9)10)8(11)12-4/h3,7H,1-2H3. The number of alkyl halides is 2. The van der Waals surface area contributed by atoms with Crippen LogP contribution < -0.4 is 4.74 Å². The molecule has 1 rings (SSSR count). The van der Waals surface area contributed by atoms with Gasteiger partial charge in [0.25, 0.3) is 6.43 Å². The molecular weight excluding hydrogens is 291 g/mol. The molecule has 72 valence electrons. The summed E-state index contributed by atoms with van der Waals surface area (Å²) < 4.78 is 30.0. The van der Waals surface area contributed by atoms with E-state index in [-0.39, 0.29) is 5.56 Å². The van der Waals surface area contributed by atoms with Gasteiger partial charge in [-0.05, 0) is 35.6 Å². The quantitative estimate of drug-likeness (QED) is 0.619. The van der Waals surface area contributed by atoms with Gasteiger partial charge in [-0.1, -0.05) is 0 Å². The van der Waals surface area contributed by atoms with Gasteiger partial charge >= 0.3 is 0 Å². The van der Waals surface area contributed by atoms with Crippen LogP contribution in [0.4, 0.5) is 8.78 Å². The molecule has 5 heteroatoms. The molecule has 0 bridgehead atoms. The normalized spacial score (nSPS) is 10.6. The minimum absolute atomic E-state index is 0.0805. The third-order valence-electron chi connectivity index (χ3n) is 1.60. The molecule has 0 aromatic carbocycles. The molecule has 1 aromatic rings. The van der Waals surface area contributed by atoms with Crippen molar-refractivity contribution >= 4 is 22.6 Å². The van der Waals surface area contributed by atoms with Gasteiger partial charge in [0.15, 0.2) is 0 Å². The van der Waals surface area contributed by atoms with E-state index < -0.39 is 6.43 Å². The molecule has 0 aliphatic rings. The molecule has 0 N–H and O–H groups in total. The fourth-order valence-electron chi connectivity index (χ4n) is 0.932. The molecule has 2 nitrogen and oxygen atoms in total. The number of nitrogens with zero attached hydrogens (tertiary/aromatic N) is 1. The Bertz CT molecular complexity index is 317. The summed E-state index contributed by atoms with van der Waals surface area (Å²) >= 11 is 1.79. The highest BCUT2D eigenvalue weighted by Crippen LogP contribution is 2.28. The molecule has 0 atom stereocenters. The van der Waals surface area contributed by atoms with Gasteiger partial charge in [0.2, 0.25) is 0 Å². The van der Waals surface area contributed by atoms with Crippen molar-refractivity contribution in [1.82, 2.24) is 4.98 Å². The predicted octanol–water partition coefficient (Wildman–Crippen LogP) is 2.94. The number of halogens is 3. The van der Waals surface area contributed by atoms with Gasteiger partial charge in [0.05, 0.1) is 18.4 Å². The van der Waals surface area contributed by atoms with Crippen molar-refractivity contribution in [3.8, 4) is 5.75 Å². The maximum atomic E-state index is 12.4. The first kappa shape index (κ1) is 10.6. The molecule has 0 saturated heterocycles. The third-order valence-corrected chi connectivity index (χ3v) is 2.47. The van der Waals surface area contributed by atoms with Crippen LogP contribution in [0.1, 0.15) is 17.7 Å². The van der Waals surface area contributed by atoms with E-state index in [0.717, 1.165) is 0 Å². The van der Waals surface area contributed by atoms with Gasteiger partial charge in [-0.25, -0.2) is 13.8 Å². The topological polar surface area (TPSA) is 22.1 Å². The lowest BCUT2D eigenvalue weighted by molar-refractivity contribution is 0.149. The summed E-state index contributed by atoms with van der Waals surface area (Å²) in [5, 5.41) is 0. The molecule has 0 spiro atoms. The van der Waals surface area contributed by atoms with Crippen molar-refractivity contribution in [2.75, 3.05) is 7.11 Å². The van der Waals surface area contributed by atoms with Gasteiger partial charge in [-0.15, -0.1) is 0 Å². The average Bonchev–Trinajstić information content (AvgIpc) is 2.03. The number of hydrogen-bond donors (Lipinski definition) is 0. The van der Waals surface area contributed by atoms with Crippen LogP contribution in [-0.4, -0.2) is 12.1 Å². The van der Waals surface area contributed by atoms with Crippen molar-refractivity contribution in [2.24, 2.45) is 0 Å². The molecule has 1 aromatic heterocycles. The van der Waals surface area contributed by atoms with E-state index in [2.05, 4.69) is 4.98 Å². The number of pyridine rings is 1. The van der Waals surface area contributed by atoms with Crippen LogP contribution in [-0.2, 0) is 0 Å². The number of methoxy groups -OCH3 is 1. The van der Waals surface area contributed by atoms with Gasteiger partial charge in [0.1, 0.15) is 9.45 Å². The van der Waals surface area contributed by atoms with Gasteiger partial charge in [0, 0.05) is 0 Å². The van der Waals surface area contributed by atoms with E-state index in [9.17, 15) is 8.78 Å². The Balaban J connectivity index is 3.22. The maximum absolute atomic E-state index is 12.4. The smallest absolute Gasteiger partial charge is 0.266 e. The number of hydrogen-bond acceptors (Lipinski definition) is 2. The molecule has 0 radical (unpaired) electrons. The highest BCUT2D eigenvalue weighted by Gasteiger charge is 2.15. The predicted molar refractivity (Wildman–Crippen MR) is 53.2 cm³/mol. The summed E-state index contributed by atoms with van der Waals surface area (Å²) in [6.45, 7) is 1.72. The lowest BCUT2D eigenvalue weighted by atomic mass is 10.2. The van der Waals surface area contributed by atoms with Crippen molar-refractivity contribution in [3.63, 3.8) is 0 Å². The Hall–Kier alpha value is -0.460. The van der Waals surface area contributed by atoms with Crippen LogP contribution in [0.5, 0.6) is 5.75 Å². The summed E-state index contributed by atoms with van der Waals surface area (Å²) in [5.74, 6) is 0.399. The van der Waals surface area contributed by atoms with Gasteiger partial charge in [-0.2, -0.15) is 0 Å². The molecule has 0 fully saturated rings. The first-order valence-corrected chi connectivity index (χ1v) is 4.63. The highest BCUT2D eigenvalue weighted by atomic mass is 127. The van der Waals surface area contributed by atoms with Crippen molar-refractivity contribution in [1.29, 1.82) is 0 Å². The summed E-state index contributed by atoms with van der Waals surface area (Å²) in [5.41, 5.74) is 0.541. The minimum atomic E-state index is -2.51. The van der Waals surface area contributed by atoms with Gasteiger partial charge < -0.3 is 4.74 Å². The Labute approximate surface area is 88.5 Å². The van der Waals surface area contributed by atoms with E-state index in [1.807, 2.05) is 0 Å². The Morgan fingerprint density at radius 1 is 1.54 bits per heavy atom. The summed E-state index contributed by atoms with van der Waals surface area (Å²) in [7, 11) is 1.44. The first-order valence-electron chi connectivity index (χ1n) is 3.55. The third kappa shape index (κ3) is 2.26. The Kier molecular flexibility index (Phi) is 3.40. The molecule has 13 heavy (non-hydrogen) atoms. The zero-order valence-corrected chi connectivity index (χ0v) is 9.30. The summed E-state index contributed by atoms with van der Waals surface area (Å²) in [4.78, 5) is 3.95. The van der Waals surface area contributed by atoms with Crippen molar-refractivity contribution in [3.05, 3.63) is 21.0 Å². The van der Waals surface area contributed by atoms with E-state index >= 15 is 0 Å². The van der Waals surface area contributed by atoms with Crippen LogP contribution >= 0.6 is 22.6 Å². The largest absolute Gasteiger partial charge is 0.495 e. The van der Waals surface area contributed by atoms with Crippen LogP contribution in [0.2, 0.25) is 0 Å². The summed E-state index contributed by atoms with van der Waals surface area (Å²) in [6, 6.07) is 1.33. The average molecular weight is 299 g/mol. The summed E-state index contributed by atoms with van der Waals surface area (Å²) in [6.07, 6.45) is -2.51. The second-order valence-corrected chi connectivity index (χ2v) is 3.48. The lowest BCUT2D eigenvalue weighted by Crippen LogP contribution is -1.98. The van der Waals surface area contributed by atoms with E-state index in [1.165, 1.54) is 13.2 Å². The highest BCUT2D eigenvalue weighted by molar-refractivity contribution is 14.1. The van der Waals surface area contributed by atoms with Crippen molar-refractivity contribution in [2.45, 2.75) is 13.3 Å². The van der Waals surface area contributed by atoms with Crippen molar-refractivity contribution < 1.29 is 13.5 Å². The fourth-order valence-corrected chi connectivity index (χ4v) is 1.68. The lowest BCUT2D eigenvalue weighted by Gasteiger charge is -2.08. The zero-order valence-electron chi connectivity index (χ0n) is 7.14. The number of aryl methyl sites for hydroxylation is 1. The first-order chi connectivity index (χ1) is 6.06. The van der Waals surface area contributed by atoms with E-state index in [0.29, 0.717) is 15.1 Å². The second kappa shape index (κ2) is 4.17. The molecule has 0 aliphatic heterocycles. The number of ether oxygens (including phenoxy) is 1. The van der Waals surface area contributed by atoms with Crippen LogP contribution in [0.15, 0.2) is 6.07 Å². The zero-order chi connectivity index (χ0) is 10.0. The molecule has 0 aliphatic carbocycles. The molecular formula is C8H8F2INO. The molecule has 0 unspecified atom stereocenters. The monoisotopic (exact) mass is 299 g/mol. The van der Waals surface area contributed by atoms with Crippen LogP contribution in [0.25, 0.3) is 0 Å². The van der Waals surface area contributed by atoms with Crippen LogP contribution in [0, 0.1) is 10.6 Å². The second-order valence-electron chi connectivity index (χ2n) is 2.46. The minimum Gasteiger partial charge on any atom is -0.495 e. The molecule has 0 saturated carbocycles. The number of rotatable bonds is 2. The van der Waals surface area contributed by atoms with Gasteiger partial charge in [-0.3, -0.25) is 0 Å². The Morgan fingerprint density at radius 2 is 2.15 bits per heavy atom. The Morgan fingerprint density at radius 3 is 2.62 bits per heavy atom. The van der Waals surface area contributed by atoms with E-state index in [1.54, 1.807) is 29.5 Å². The van der Waals surface area contributed by atoms with Crippen LogP contribution in [0.3, 0.4) is 0 Å². The molecule has 0 amide bonds. The van der Waals surface area contributed by atoms with E-state index in [4.69, 9.17) is 4.74 Å². The molecule has 1 heterocycles. The number of aromatic nitrogens is 1. The SMILES string of the molecule is COc1cc(C(F)F)c(I)nc1C. The maximum Gasteiger partial charge on any atom is 0.266 e. The fraction of sp³-hybridized carbons (Fsp3) is 0.375.